The maximum atomic E-state index is 5.75. The van der Waals surface area contributed by atoms with E-state index >= 15 is 0 Å². The van der Waals surface area contributed by atoms with E-state index in [4.69, 9.17) is 11.2 Å². The summed E-state index contributed by atoms with van der Waals surface area (Å²) in [6, 6.07) is 18.2. The number of hydrogen-bond donors (Lipinski definition) is 0. The van der Waals surface area contributed by atoms with Crippen LogP contribution in [0.3, 0.4) is 0 Å². The number of benzene rings is 2. The Bertz CT molecular complexity index is 628. The van der Waals surface area contributed by atoms with Gasteiger partial charge < -0.3 is 4.74 Å². The van der Waals surface area contributed by atoms with Gasteiger partial charge in [0.15, 0.2) is 0 Å². The van der Waals surface area contributed by atoms with E-state index in [1.54, 1.807) is 7.11 Å². The first-order valence-electron chi connectivity index (χ1n) is 6.69. The molecule has 1 heteroatoms. The number of terminal acetylenes is 1. The Morgan fingerprint density at radius 1 is 1.00 bits per heavy atom. The Kier molecular flexibility index (Phi) is 4.63. The van der Waals surface area contributed by atoms with Crippen molar-refractivity contribution in [1.82, 2.24) is 0 Å². The summed E-state index contributed by atoms with van der Waals surface area (Å²) in [6.07, 6.45) is 6.65. The van der Waals surface area contributed by atoms with Crippen LogP contribution in [0.4, 0.5) is 0 Å². The second-order valence-corrected chi connectivity index (χ2v) is 4.45. The minimum atomic E-state index is 0.836. The fourth-order valence-electron chi connectivity index (χ4n) is 2.27. The first-order chi connectivity index (χ1) is 9.80. The van der Waals surface area contributed by atoms with Crippen LogP contribution in [-0.2, 0) is 0 Å². The summed E-state index contributed by atoms with van der Waals surface area (Å²) >= 11 is 0. The largest absolute Gasteiger partial charge is 0.497 e. The van der Waals surface area contributed by atoms with Crippen LogP contribution in [0.25, 0.3) is 11.1 Å². The highest BCUT2D eigenvalue weighted by atomic mass is 16.5. The van der Waals surface area contributed by atoms with Gasteiger partial charge in [-0.3, -0.25) is 0 Å². The Balaban J connectivity index is 2.52. The second kappa shape index (κ2) is 6.63. The van der Waals surface area contributed by atoms with Crippen LogP contribution in [0.1, 0.15) is 24.5 Å². The van der Waals surface area contributed by atoms with E-state index in [0.717, 1.165) is 23.3 Å². The fraction of sp³-hybridized carbons (Fsp3) is 0.158. The van der Waals surface area contributed by atoms with Crippen molar-refractivity contribution >= 4 is 11.1 Å². The van der Waals surface area contributed by atoms with Crippen molar-refractivity contribution in [2.75, 3.05) is 7.11 Å². The minimum Gasteiger partial charge on any atom is -0.497 e. The molecule has 0 saturated heterocycles. The lowest BCUT2D eigenvalue weighted by molar-refractivity contribution is 0.415. The summed E-state index contributed by atoms with van der Waals surface area (Å²) in [5.74, 6) is 3.68. The van der Waals surface area contributed by atoms with E-state index in [-0.39, 0.29) is 0 Å². The van der Waals surface area contributed by atoms with Crippen LogP contribution in [0.15, 0.2) is 54.6 Å². The SMILES string of the molecule is C#C/C(=C(/CC)c1ccccc1)c1ccc(OC)cc1. The molecule has 2 rings (SSSR count). The lowest BCUT2D eigenvalue weighted by atomic mass is 9.93. The molecule has 1 nitrogen and oxygen atoms in total. The summed E-state index contributed by atoms with van der Waals surface area (Å²) in [5, 5.41) is 0. The number of allylic oxidation sites excluding steroid dienone is 2. The zero-order valence-corrected chi connectivity index (χ0v) is 11.9. The maximum absolute atomic E-state index is 5.75. The van der Waals surface area contributed by atoms with E-state index in [1.807, 2.05) is 42.5 Å². The smallest absolute Gasteiger partial charge is 0.118 e. The molecule has 0 N–H and O–H groups in total. The summed E-state index contributed by atoms with van der Waals surface area (Å²) in [7, 11) is 1.66. The van der Waals surface area contributed by atoms with Gasteiger partial charge in [0.25, 0.3) is 0 Å². The van der Waals surface area contributed by atoms with Gasteiger partial charge in [0.2, 0.25) is 0 Å². The lowest BCUT2D eigenvalue weighted by Crippen LogP contribution is -1.91. The standard InChI is InChI=1S/C19H18O/c1-4-18(15-9-7-6-8-10-15)19(5-2)16-11-13-17(20-3)14-12-16/h2,6-14H,4H2,1,3H3/b19-18+. The zero-order valence-electron chi connectivity index (χ0n) is 11.9. The highest BCUT2D eigenvalue weighted by molar-refractivity contribution is 5.98. The molecular weight excluding hydrogens is 244 g/mol. The molecule has 0 spiro atoms. The molecule has 0 amide bonds. The van der Waals surface area contributed by atoms with Crippen molar-refractivity contribution in [1.29, 1.82) is 0 Å². The Labute approximate surface area is 120 Å². The third kappa shape index (κ3) is 2.92. The Hall–Kier alpha value is -2.46. The number of hydrogen-bond acceptors (Lipinski definition) is 1. The number of rotatable bonds is 4. The molecule has 0 saturated carbocycles. The first-order valence-corrected chi connectivity index (χ1v) is 6.69. The summed E-state index contributed by atoms with van der Waals surface area (Å²) < 4.78 is 5.19. The van der Waals surface area contributed by atoms with Gasteiger partial charge in [0.1, 0.15) is 5.75 Å². The maximum Gasteiger partial charge on any atom is 0.118 e. The van der Waals surface area contributed by atoms with Crippen molar-refractivity contribution in [2.45, 2.75) is 13.3 Å². The van der Waals surface area contributed by atoms with Gasteiger partial charge in [0.05, 0.1) is 7.11 Å². The van der Waals surface area contributed by atoms with Gasteiger partial charge in [0, 0.05) is 5.57 Å². The quantitative estimate of drug-likeness (QED) is 0.575. The minimum absolute atomic E-state index is 0.836. The second-order valence-electron chi connectivity index (χ2n) is 4.45. The van der Waals surface area contributed by atoms with Crippen molar-refractivity contribution in [3.8, 4) is 18.1 Å². The van der Waals surface area contributed by atoms with Crippen molar-refractivity contribution in [3.63, 3.8) is 0 Å². The Morgan fingerprint density at radius 3 is 2.15 bits per heavy atom. The van der Waals surface area contributed by atoms with Gasteiger partial charge >= 0.3 is 0 Å². The molecule has 0 atom stereocenters. The molecule has 0 unspecified atom stereocenters. The number of methoxy groups -OCH3 is 1. The predicted molar refractivity (Wildman–Crippen MR) is 85.4 cm³/mol. The molecule has 0 aliphatic carbocycles. The highest BCUT2D eigenvalue weighted by Gasteiger charge is 2.08. The molecular formula is C19H18O. The zero-order chi connectivity index (χ0) is 14.4. The van der Waals surface area contributed by atoms with Crippen molar-refractivity contribution < 1.29 is 4.74 Å². The van der Waals surface area contributed by atoms with Crippen LogP contribution >= 0.6 is 0 Å². The topological polar surface area (TPSA) is 9.23 Å². The molecule has 0 bridgehead atoms. The van der Waals surface area contributed by atoms with E-state index in [1.165, 1.54) is 11.1 Å². The van der Waals surface area contributed by atoms with Crippen molar-refractivity contribution in [3.05, 3.63) is 65.7 Å². The average molecular weight is 262 g/mol. The van der Waals surface area contributed by atoms with Gasteiger partial charge in [-0.2, -0.15) is 0 Å². The van der Waals surface area contributed by atoms with Gasteiger partial charge in [-0.15, -0.1) is 6.42 Å². The highest BCUT2D eigenvalue weighted by Crippen LogP contribution is 2.29. The molecule has 0 fully saturated rings. The molecule has 100 valence electrons. The average Bonchev–Trinajstić information content (AvgIpc) is 2.53. The normalized spacial score (nSPS) is 11.4. The van der Waals surface area contributed by atoms with Crippen LogP contribution in [0.2, 0.25) is 0 Å². The third-order valence-corrected chi connectivity index (χ3v) is 3.30. The van der Waals surface area contributed by atoms with E-state index < -0.39 is 0 Å². The fourth-order valence-corrected chi connectivity index (χ4v) is 2.27. The molecule has 0 radical (unpaired) electrons. The summed E-state index contributed by atoms with van der Waals surface area (Å²) in [6.45, 7) is 2.13. The molecule has 2 aromatic rings. The Morgan fingerprint density at radius 2 is 1.65 bits per heavy atom. The third-order valence-electron chi connectivity index (χ3n) is 3.30. The van der Waals surface area contributed by atoms with Gasteiger partial charge in [-0.1, -0.05) is 55.3 Å². The lowest BCUT2D eigenvalue weighted by Gasteiger charge is -2.11. The molecule has 0 aliphatic heterocycles. The van der Waals surface area contributed by atoms with Crippen LogP contribution in [-0.4, -0.2) is 7.11 Å². The van der Waals surface area contributed by atoms with Gasteiger partial charge in [-0.25, -0.2) is 0 Å². The monoisotopic (exact) mass is 262 g/mol. The van der Waals surface area contributed by atoms with Crippen molar-refractivity contribution in [2.24, 2.45) is 0 Å². The number of ether oxygens (including phenoxy) is 1. The summed E-state index contributed by atoms with van der Waals surface area (Å²) in [4.78, 5) is 0. The molecule has 2 aromatic carbocycles. The van der Waals surface area contributed by atoms with E-state index in [2.05, 4.69) is 25.0 Å². The van der Waals surface area contributed by atoms with Crippen LogP contribution < -0.4 is 4.74 Å². The molecule has 0 heterocycles. The summed E-state index contributed by atoms with van der Waals surface area (Å²) in [5.41, 5.74) is 4.37. The van der Waals surface area contributed by atoms with E-state index in [9.17, 15) is 0 Å². The van der Waals surface area contributed by atoms with Crippen LogP contribution in [0.5, 0.6) is 5.75 Å². The molecule has 0 aromatic heterocycles. The first kappa shape index (κ1) is 14.0. The predicted octanol–water partition coefficient (Wildman–Crippen LogP) is 4.65. The van der Waals surface area contributed by atoms with Crippen LogP contribution in [0, 0.1) is 12.3 Å². The van der Waals surface area contributed by atoms with Gasteiger partial charge in [-0.05, 0) is 35.3 Å². The molecule has 0 aliphatic rings. The van der Waals surface area contributed by atoms with E-state index in [0.29, 0.717) is 0 Å². The molecule has 20 heavy (non-hydrogen) atoms.